The molecule has 15 heavy (non-hydrogen) atoms. The summed E-state index contributed by atoms with van der Waals surface area (Å²) in [7, 11) is 0. The molecule has 0 heterocycles. The standard InChI is InChI=1S/C12H16Br2O/c1-5-15-11-9(13)6-8(7-10(11)14)12(2,3)4/h6-7H,5H2,1-4H3. The maximum absolute atomic E-state index is 5.54. The Morgan fingerprint density at radius 3 is 1.93 bits per heavy atom. The highest BCUT2D eigenvalue weighted by atomic mass is 79.9. The van der Waals surface area contributed by atoms with Crippen LogP contribution in [0.25, 0.3) is 0 Å². The third kappa shape index (κ3) is 3.22. The van der Waals surface area contributed by atoms with E-state index in [9.17, 15) is 0 Å². The Bertz CT molecular complexity index is 330. The summed E-state index contributed by atoms with van der Waals surface area (Å²) in [6.07, 6.45) is 0. The lowest BCUT2D eigenvalue weighted by molar-refractivity contribution is 0.335. The number of halogens is 2. The van der Waals surface area contributed by atoms with Crippen molar-refractivity contribution in [2.45, 2.75) is 33.1 Å². The summed E-state index contributed by atoms with van der Waals surface area (Å²) in [6.45, 7) is 9.24. The molecule has 0 aliphatic heterocycles. The van der Waals surface area contributed by atoms with Gasteiger partial charge in [0.2, 0.25) is 0 Å². The van der Waals surface area contributed by atoms with Gasteiger partial charge in [0, 0.05) is 0 Å². The molecule has 84 valence electrons. The van der Waals surface area contributed by atoms with Crippen LogP contribution < -0.4 is 4.74 Å². The van der Waals surface area contributed by atoms with Gasteiger partial charge >= 0.3 is 0 Å². The van der Waals surface area contributed by atoms with Gasteiger partial charge in [-0.25, -0.2) is 0 Å². The first-order valence-corrected chi connectivity index (χ1v) is 6.57. The van der Waals surface area contributed by atoms with Gasteiger partial charge in [0.25, 0.3) is 0 Å². The van der Waals surface area contributed by atoms with Gasteiger partial charge in [-0.1, -0.05) is 20.8 Å². The first-order valence-electron chi connectivity index (χ1n) is 4.98. The highest BCUT2D eigenvalue weighted by Crippen LogP contribution is 2.38. The Morgan fingerprint density at radius 1 is 1.13 bits per heavy atom. The van der Waals surface area contributed by atoms with Crippen molar-refractivity contribution < 1.29 is 4.74 Å². The normalized spacial score (nSPS) is 11.6. The van der Waals surface area contributed by atoms with Crippen LogP contribution in [0.5, 0.6) is 5.75 Å². The summed E-state index contributed by atoms with van der Waals surface area (Å²) in [4.78, 5) is 0. The highest BCUT2D eigenvalue weighted by Gasteiger charge is 2.17. The number of rotatable bonds is 2. The van der Waals surface area contributed by atoms with Crippen LogP contribution in [0.1, 0.15) is 33.3 Å². The fourth-order valence-electron chi connectivity index (χ4n) is 1.28. The zero-order valence-electron chi connectivity index (χ0n) is 9.53. The zero-order chi connectivity index (χ0) is 11.6. The zero-order valence-corrected chi connectivity index (χ0v) is 12.7. The first-order chi connectivity index (χ1) is 6.86. The van der Waals surface area contributed by atoms with Gasteiger partial charge in [-0.15, -0.1) is 0 Å². The predicted molar refractivity (Wildman–Crippen MR) is 71.7 cm³/mol. The summed E-state index contributed by atoms with van der Waals surface area (Å²) >= 11 is 7.07. The van der Waals surface area contributed by atoms with E-state index in [1.807, 2.05) is 6.92 Å². The summed E-state index contributed by atoms with van der Waals surface area (Å²) in [5.74, 6) is 0.880. The van der Waals surface area contributed by atoms with E-state index in [0.717, 1.165) is 14.7 Å². The summed E-state index contributed by atoms with van der Waals surface area (Å²) < 4.78 is 7.55. The van der Waals surface area contributed by atoms with Crippen molar-refractivity contribution >= 4 is 31.9 Å². The summed E-state index contributed by atoms with van der Waals surface area (Å²) in [5, 5.41) is 0. The van der Waals surface area contributed by atoms with E-state index in [2.05, 4.69) is 64.8 Å². The molecule has 0 unspecified atom stereocenters. The fourth-order valence-corrected chi connectivity index (χ4v) is 2.69. The van der Waals surface area contributed by atoms with E-state index < -0.39 is 0 Å². The van der Waals surface area contributed by atoms with Crippen LogP contribution in [0.3, 0.4) is 0 Å². The molecule has 0 aliphatic rings. The lowest BCUT2D eigenvalue weighted by atomic mass is 9.87. The lowest BCUT2D eigenvalue weighted by Gasteiger charge is -2.21. The van der Waals surface area contributed by atoms with Crippen LogP contribution in [0, 0.1) is 0 Å². The van der Waals surface area contributed by atoms with Crippen LogP contribution in [-0.2, 0) is 5.41 Å². The summed E-state index contributed by atoms with van der Waals surface area (Å²) in [6, 6.07) is 4.24. The second kappa shape index (κ2) is 4.88. The molecule has 0 saturated heterocycles. The lowest BCUT2D eigenvalue weighted by Crippen LogP contribution is -2.11. The first kappa shape index (κ1) is 13.0. The molecule has 3 heteroatoms. The van der Waals surface area contributed by atoms with Gasteiger partial charge in [0.1, 0.15) is 5.75 Å². The predicted octanol–water partition coefficient (Wildman–Crippen LogP) is 4.91. The van der Waals surface area contributed by atoms with Gasteiger partial charge < -0.3 is 4.74 Å². The van der Waals surface area contributed by atoms with Crippen molar-refractivity contribution in [3.05, 3.63) is 26.6 Å². The van der Waals surface area contributed by atoms with E-state index in [1.54, 1.807) is 0 Å². The minimum absolute atomic E-state index is 0.149. The van der Waals surface area contributed by atoms with Crippen molar-refractivity contribution in [1.29, 1.82) is 0 Å². The quantitative estimate of drug-likeness (QED) is 0.746. The molecule has 0 saturated carbocycles. The Balaban J connectivity index is 3.19. The number of hydrogen-bond donors (Lipinski definition) is 0. The van der Waals surface area contributed by atoms with Gasteiger partial charge in [0.15, 0.2) is 0 Å². The molecule has 1 rings (SSSR count). The fraction of sp³-hybridized carbons (Fsp3) is 0.500. The third-order valence-corrected chi connectivity index (χ3v) is 3.33. The van der Waals surface area contributed by atoms with Crippen LogP contribution in [0.2, 0.25) is 0 Å². The molecule has 0 bridgehead atoms. The van der Waals surface area contributed by atoms with E-state index in [1.165, 1.54) is 5.56 Å². The van der Waals surface area contributed by atoms with Crippen molar-refractivity contribution in [1.82, 2.24) is 0 Å². The third-order valence-electron chi connectivity index (χ3n) is 2.15. The summed E-state index contributed by atoms with van der Waals surface area (Å²) in [5.41, 5.74) is 1.43. The Labute approximate surface area is 108 Å². The van der Waals surface area contributed by atoms with E-state index >= 15 is 0 Å². The molecule has 0 fully saturated rings. The van der Waals surface area contributed by atoms with E-state index in [0.29, 0.717) is 6.61 Å². The van der Waals surface area contributed by atoms with Crippen LogP contribution in [-0.4, -0.2) is 6.61 Å². The van der Waals surface area contributed by atoms with Gasteiger partial charge in [-0.3, -0.25) is 0 Å². The number of hydrogen-bond acceptors (Lipinski definition) is 1. The van der Waals surface area contributed by atoms with Crippen LogP contribution in [0.15, 0.2) is 21.1 Å². The second-order valence-electron chi connectivity index (χ2n) is 4.45. The molecule has 0 aromatic heterocycles. The second-order valence-corrected chi connectivity index (χ2v) is 6.16. The van der Waals surface area contributed by atoms with Crippen molar-refractivity contribution in [3.63, 3.8) is 0 Å². The highest BCUT2D eigenvalue weighted by molar-refractivity contribution is 9.11. The van der Waals surface area contributed by atoms with Crippen molar-refractivity contribution in [2.24, 2.45) is 0 Å². The molecule has 0 radical (unpaired) electrons. The number of benzene rings is 1. The maximum Gasteiger partial charge on any atom is 0.147 e. The molecular weight excluding hydrogens is 320 g/mol. The minimum atomic E-state index is 0.149. The average Bonchev–Trinajstić information content (AvgIpc) is 2.09. The molecule has 1 aromatic rings. The van der Waals surface area contributed by atoms with E-state index in [4.69, 9.17) is 4.74 Å². The molecule has 0 amide bonds. The Morgan fingerprint density at radius 2 is 1.60 bits per heavy atom. The number of ether oxygens (including phenoxy) is 1. The van der Waals surface area contributed by atoms with Gasteiger partial charge in [-0.2, -0.15) is 0 Å². The van der Waals surface area contributed by atoms with Crippen molar-refractivity contribution in [2.75, 3.05) is 6.61 Å². The topological polar surface area (TPSA) is 9.23 Å². The van der Waals surface area contributed by atoms with Crippen molar-refractivity contribution in [3.8, 4) is 5.75 Å². The maximum atomic E-state index is 5.54. The molecule has 0 atom stereocenters. The largest absolute Gasteiger partial charge is 0.492 e. The monoisotopic (exact) mass is 334 g/mol. The molecular formula is C12H16Br2O. The molecule has 0 N–H and O–H groups in total. The Kier molecular flexibility index (Phi) is 4.24. The van der Waals surface area contributed by atoms with Gasteiger partial charge in [-0.05, 0) is 61.9 Å². The molecule has 1 nitrogen and oxygen atoms in total. The average molecular weight is 336 g/mol. The van der Waals surface area contributed by atoms with Gasteiger partial charge in [0.05, 0.1) is 15.6 Å². The SMILES string of the molecule is CCOc1c(Br)cc(C(C)(C)C)cc1Br. The smallest absolute Gasteiger partial charge is 0.147 e. The van der Waals surface area contributed by atoms with Crippen LogP contribution >= 0.6 is 31.9 Å². The Hall–Kier alpha value is -0.0200. The molecule has 0 spiro atoms. The molecule has 1 aromatic carbocycles. The molecule has 0 aliphatic carbocycles. The minimum Gasteiger partial charge on any atom is -0.492 e. The van der Waals surface area contributed by atoms with E-state index in [-0.39, 0.29) is 5.41 Å². The van der Waals surface area contributed by atoms with Crippen LogP contribution in [0.4, 0.5) is 0 Å².